The van der Waals surface area contributed by atoms with E-state index in [-0.39, 0.29) is 5.91 Å². The lowest BCUT2D eigenvalue weighted by Crippen LogP contribution is -2.39. The first-order valence-electron chi connectivity index (χ1n) is 6.03. The summed E-state index contributed by atoms with van der Waals surface area (Å²) in [5.41, 5.74) is 6.65. The van der Waals surface area contributed by atoms with Crippen molar-refractivity contribution in [2.45, 2.75) is 25.9 Å². The summed E-state index contributed by atoms with van der Waals surface area (Å²) in [7, 11) is 0. The first-order valence-corrected chi connectivity index (χ1v) is 6.03. The lowest BCUT2D eigenvalue weighted by atomic mass is 10.2. The molecule has 0 aliphatic rings. The maximum absolute atomic E-state index is 11.6. The Kier molecular flexibility index (Phi) is 5.94. The Morgan fingerprint density at radius 2 is 2.39 bits per heavy atom. The Hall–Kier alpha value is -1.81. The summed E-state index contributed by atoms with van der Waals surface area (Å²) in [6.45, 7) is 6.56. The van der Waals surface area contributed by atoms with Gasteiger partial charge in [-0.05, 0) is 31.0 Å². The van der Waals surface area contributed by atoms with Crippen LogP contribution in [-0.2, 0) is 11.3 Å². The van der Waals surface area contributed by atoms with E-state index in [0.717, 1.165) is 11.3 Å². The van der Waals surface area contributed by atoms with Crippen molar-refractivity contribution in [2.75, 3.05) is 6.61 Å². The highest BCUT2D eigenvalue weighted by Crippen LogP contribution is 2.12. The minimum atomic E-state index is -0.530. The molecule has 0 spiro atoms. The molecule has 3 N–H and O–H groups in total. The molecule has 0 aliphatic heterocycles. The summed E-state index contributed by atoms with van der Waals surface area (Å²) in [4.78, 5) is 11.6. The van der Waals surface area contributed by atoms with Gasteiger partial charge in [-0.25, -0.2) is 0 Å². The van der Waals surface area contributed by atoms with Crippen LogP contribution in [0.25, 0.3) is 0 Å². The zero-order valence-corrected chi connectivity index (χ0v) is 10.7. The monoisotopic (exact) mass is 248 g/mol. The predicted molar refractivity (Wildman–Crippen MR) is 72.2 cm³/mol. The average molecular weight is 248 g/mol. The van der Waals surface area contributed by atoms with Gasteiger partial charge in [-0.15, -0.1) is 6.58 Å². The molecule has 0 saturated heterocycles. The standard InChI is InChI=1S/C14H20N2O2/c1-3-6-13(15)14(17)16-10-11-7-5-8-12(9-11)18-4-2/h3,5,7-9,13H,1,4,6,10,15H2,2H3,(H,16,17). The van der Waals surface area contributed by atoms with Gasteiger partial charge < -0.3 is 15.8 Å². The fourth-order valence-electron chi connectivity index (χ4n) is 1.52. The third-order valence-electron chi connectivity index (χ3n) is 2.43. The van der Waals surface area contributed by atoms with Crippen LogP contribution in [0.2, 0.25) is 0 Å². The minimum absolute atomic E-state index is 0.170. The Balaban J connectivity index is 2.50. The van der Waals surface area contributed by atoms with Crippen molar-refractivity contribution < 1.29 is 9.53 Å². The van der Waals surface area contributed by atoms with Gasteiger partial charge in [0.15, 0.2) is 0 Å². The Bertz CT molecular complexity index is 405. The molecule has 1 aromatic carbocycles. The van der Waals surface area contributed by atoms with E-state index in [0.29, 0.717) is 19.6 Å². The van der Waals surface area contributed by atoms with E-state index >= 15 is 0 Å². The van der Waals surface area contributed by atoms with E-state index in [9.17, 15) is 4.79 Å². The average Bonchev–Trinajstić information content (AvgIpc) is 2.37. The topological polar surface area (TPSA) is 64.4 Å². The first kappa shape index (κ1) is 14.3. The van der Waals surface area contributed by atoms with Crippen LogP contribution in [0.3, 0.4) is 0 Å². The Labute approximate surface area is 108 Å². The number of ether oxygens (including phenoxy) is 1. The van der Waals surface area contributed by atoms with Gasteiger partial charge in [0.25, 0.3) is 0 Å². The Morgan fingerprint density at radius 1 is 1.61 bits per heavy atom. The van der Waals surface area contributed by atoms with Crippen molar-refractivity contribution in [3.63, 3.8) is 0 Å². The van der Waals surface area contributed by atoms with E-state index in [4.69, 9.17) is 10.5 Å². The number of benzene rings is 1. The highest BCUT2D eigenvalue weighted by Gasteiger charge is 2.10. The minimum Gasteiger partial charge on any atom is -0.494 e. The van der Waals surface area contributed by atoms with E-state index in [2.05, 4.69) is 11.9 Å². The van der Waals surface area contributed by atoms with Gasteiger partial charge in [0.1, 0.15) is 5.75 Å². The van der Waals surface area contributed by atoms with Gasteiger partial charge in [-0.1, -0.05) is 18.2 Å². The molecule has 1 amide bonds. The molecule has 0 fully saturated rings. The van der Waals surface area contributed by atoms with Crippen molar-refractivity contribution in [3.05, 3.63) is 42.5 Å². The number of amides is 1. The van der Waals surface area contributed by atoms with Crippen LogP contribution in [0.1, 0.15) is 18.9 Å². The summed E-state index contributed by atoms with van der Waals surface area (Å²) in [6.07, 6.45) is 2.12. The molecule has 1 aromatic rings. The molecule has 0 aromatic heterocycles. The maximum atomic E-state index is 11.6. The molecule has 1 unspecified atom stereocenters. The summed E-state index contributed by atoms with van der Waals surface area (Å²) >= 11 is 0. The summed E-state index contributed by atoms with van der Waals surface area (Å²) in [5, 5.41) is 2.79. The van der Waals surface area contributed by atoms with Crippen LogP contribution in [0.4, 0.5) is 0 Å². The molecular formula is C14H20N2O2. The maximum Gasteiger partial charge on any atom is 0.237 e. The number of hydrogen-bond acceptors (Lipinski definition) is 3. The molecule has 0 aliphatic carbocycles. The molecule has 0 heterocycles. The van der Waals surface area contributed by atoms with E-state index in [1.807, 2.05) is 31.2 Å². The van der Waals surface area contributed by atoms with Gasteiger partial charge >= 0.3 is 0 Å². The van der Waals surface area contributed by atoms with Crippen LogP contribution in [0, 0.1) is 0 Å². The van der Waals surface area contributed by atoms with Gasteiger partial charge in [-0.3, -0.25) is 4.79 Å². The van der Waals surface area contributed by atoms with Crippen LogP contribution in [0.5, 0.6) is 5.75 Å². The van der Waals surface area contributed by atoms with Gasteiger partial charge in [0.05, 0.1) is 12.6 Å². The van der Waals surface area contributed by atoms with Gasteiger partial charge in [0.2, 0.25) is 5.91 Å². The number of nitrogens with two attached hydrogens (primary N) is 1. The molecule has 0 radical (unpaired) electrons. The molecule has 1 rings (SSSR count). The lowest BCUT2D eigenvalue weighted by Gasteiger charge is -2.11. The van der Waals surface area contributed by atoms with Crippen LogP contribution in [0.15, 0.2) is 36.9 Å². The molecule has 4 heteroatoms. The van der Waals surface area contributed by atoms with Crippen molar-refractivity contribution >= 4 is 5.91 Å². The highest BCUT2D eigenvalue weighted by molar-refractivity contribution is 5.81. The predicted octanol–water partition coefficient (Wildman–Crippen LogP) is 1.60. The second-order valence-corrected chi connectivity index (χ2v) is 3.93. The highest BCUT2D eigenvalue weighted by atomic mass is 16.5. The fourth-order valence-corrected chi connectivity index (χ4v) is 1.52. The number of rotatable bonds is 7. The molecule has 0 bridgehead atoms. The van der Waals surface area contributed by atoms with Crippen molar-refractivity contribution in [3.8, 4) is 5.75 Å². The van der Waals surface area contributed by atoms with Crippen LogP contribution < -0.4 is 15.8 Å². The third kappa shape index (κ3) is 4.59. The van der Waals surface area contributed by atoms with E-state index in [1.165, 1.54) is 0 Å². The lowest BCUT2D eigenvalue weighted by molar-refractivity contribution is -0.122. The zero-order valence-electron chi connectivity index (χ0n) is 10.7. The van der Waals surface area contributed by atoms with Crippen molar-refractivity contribution in [2.24, 2.45) is 5.73 Å². The first-order chi connectivity index (χ1) is 8.67. The summed E-state index contributed by atoms with van der Waals surface area (Å²) < 4.78 is 5.39. The van der Waals surface area contributed by atoms with Crippen LogP contribution in [-0.4, -0.2) is 18.6 Å². The van der Waals surface area contributed by atoms with Gasteiger partial charge in [0, 0.05) is 6.54 Å². The number of hydrogen-bond donors (Lipinski definition) is 2. The molecule has 0 saturated carbocycles. The molecule has 4 nitrogen and oxygen atoms in total. The number of carbonyl (C=O) groups is 1. The molecular weight excluding hydrogens is 228 g/mol. The second-order valence-electron chi connectivity index (χ2n) is 3.93. The normalized spacial score (nSPS) is 11.7. The molecule has 18 heavy (non-hydrogen) atoms. The number of carbonyl (C=O) groups excluding carboxylic acids is 1. The summed E-state index contributed by atoms with van der Waals surface area (Å²) in [6, 6.07) is 7.09. The van der Waals surface area contributed by atoms with E-state index < -0.39 is 6.04 Å². The quantitative estimate of drug-likeness (QED) is 0.720. The molecule has 98 valence electrons. The second kappa shape index (κ2) is 7.50. The van der Waals surface area contributed by atoms with Crippen molar-refractivity contribution in [1.82, 2.24) is 5.32 Å². The largest absolute Gasteiger partial charge is 0.494 e. The van der Waals surface area contributed by atoms with Gasteiger partial charge in [-0.2, -0.15) is 0 Å². The zero-order chi connectivity index (χ0) is 13.4. The smallest absolute Gasteiger partial charge is 0.237 e. The fraction of sp³-hybridized carbons (Fsp3) is 0.357. The molecule has 1 atom stereocenters. The van der Waals surface area contributed by atoms with Crippen molar-refractivity contribution in [1.29, 1.82) is 0 Å². The number of nitrogens with one attached hydrogen (secondary N) is 1. The third-order valence-corrected chi connectivity index (χ3v) is 2.43. The van der Waals surface area contributed by atoms with E-state index in [1.54, 1.807) is 6.08 Å². The summed E-state index contributed by atoms with van der Waals surface area (Å²) in [5.74, 6) is 0.636. The SMILES string of the molecule is C=CCC(N)C(=O)NCc1cccc(OCC)c1. The van der Waals surface area contributed by atoms with Crippen LogP contribution >= 0.6 is 0 Å². The Morgan fingerprint density at radius 3 is 3.06 bits per heavy atom.